The van der Waals surface area contributed by atoms with Gasteiger partial charge in [0.25, 0.3) is 0 Å². The van der Waals surface area contributed by atoms with Crippen LogP contribution in [-0.2, 0) is 6.42 Å². The Bertz CT molecular complexity index is 347. The summed E-state index contributed by atoms with van der Waals surface area (Å²) >= 11 is 0. The fourth-order valence-electron chi connectivity index (χ4n) is 1.49. The van der Waals surface area contributed by atoms with Gasteiger partial charge < -0.3 is 14.6 Å². The minimum absolute atomic E-state index is 0.0373. The molecule has 0 saturated heterocycles. The molecule has 0 amide bonds. The molecule has 0 heterocycles. The Hall–Kier alpha value is -1.55. The molecule has 0 spiro atoms. The third kappa shape index (κ3) is 2.27. The highest BCUT2D eigenvalue weighted by Gasteiger charge is 2.13. The van der Waals surface area contributed by atoms with Gasteiger partial charge in [-0.1, -0.05) is 0 Å². The summed E-state index contributed by atoms with van der Waals surface area (Å²) in [5, 5.41) is 8.91. The molecule has 0 atom stereocenters. The Labute approximate surface area is 88.4 Å². The van der Waals surface area contributed by atoms with E-state index in [4.69, 9.17) is 14.6 Å². The molecule has 1 N–H and O–H groups in total. The molecular weight excluding hydrogens is 196 g/mol. The summed E-state index contributed by atoms with van der Waals surface area (Å²) in [6.45, 7) is -0.0373. The molecule has 0 radical (unpaired) electrons. The van der Waals surface area contributed by atoms with Crippen LogP contribution in [0.15, 0.2) is 12.1 Å². The average Bonchev–Trinajstić information content (AvgIpc) is 2.28. The predicted molar refractivity (Wildman–Crippen MR) is 55.7 cm³/mol. The van der Waals surface area contributed by atoms with Crippen LogP contribution in [0.1, 0.15) is 15.9 Å². The zero-order valence-electron chi connectivity index (χ0n) is 8.82. The minimum Gasteiger partial charge on any atom is -0.496 e. The van der Waals surface area contributed by atoms with E-state index in [0.29, 0.717) is 35.3 Å². The highest BCUT2D eigenvalue weighted by atomic mass is 16.5. The van der Waals surface area contributed by atoms with Crippen LogP contribution in [0.3, 0.4) is 0 Å². The molecule has 0 saturated carbocycles. The molecule has 1 aromatic carbocycles. The van der Waals surface area contributed by atoms with Crippen LogP contribution in [0.25, 0.3) is 0 Å². The van der Waals surface area contributed by atoms with Gasteiger partial charge in [0.05, 0.1) is 19.8 Å². The van der Waals surface area contributed by atoms with Gasteiger partial charge in [-0.15, -0.1) is 0 Å². The smallest absolute Gasteiger partial charge is 0.154 e. The fraction of sp³-hybridized carbons (Fsp3) is 0.364. The molecule has 0 fully saturated rings. The number of aliphatic hydroxyl groups is 1. The molecule has 4 heteroatoms. The van der Waals surface area contributed by atoms with Gasteiger partial charge in [-0.25, -0.2) is 0 Å². The maximum Gasteiger partial charge on any atom is 0.154 e. The summed E-state index contributed by atoms with van der Waals surface area (Å²) in [5.41, 5.74) is 1.11. The van der Waals surface area contributed by atoms with E-state index < -0.39 is 0 Å². The van der Waals surface area contributed by atoms with E-state index in [2.05, 4.69) is 0 Å². The van der Waals surface area contributed by atoms with Crippen molar-refractivity contribution in [1.29, 1.82) is 0 Å². The molecule has 82 valence electrons. The Morgan fingerprint density at radius 3 is 2.33 bits per heavy atom. The second kappa shape index (κ2) is 5.36. The van der Waals surface area contributed by atoms with Crippen molar-refractivity contribution in [1.82, 2.24) is 0 Å². The van der Waals surface area contributed by atoms with Crippen LogP contribution in [0.4, 0.5) is 0 Å². The number of hydrogen-bond acceptors (Lipinski definition) is 4. The minimum atomic E-state index is -0.0373. The number of hydrogen-bond donors (Lipinski definition) is 1. The summed E-state index contributed by atoms with van der Waals surface area (Å²) in [6.07, 6.45) is 1.08. The van der Waals surface area contributed by atoms with E-state index in [-0.39, 0.29) is 6.61 Å². The Morgan fingerprint density at radius 1 is 1.27 bits per heavy atom. The normalized spacial score (nSPS) is 9.80. The third-order valence-electron chi connectivity index (χ3n) is 2.19. The van der Waals surface area contributed by atoms with E-state index in [1.54, 1.807) is 12.1 Å². The standard InChI is InChI=1S/C11H14O4/c1-14-10-3-4-11(15-2)9(7-13)8(10)5-6-12/h3-4,7,12H,5-6H2,1-2H3. The summed E-state index contributed by atoms with van der Waals surface area (Å²) in [5.74, 6) is 1.08. The zero-order valence-corrected chi connectivity index (χ0v) is 8.82. The Balaban J connectivity index is 3.30. The molecule has 0 aromatic heterocycles. The number of aldehydes is 1. The molecule has 0 aliphatic heterocycles. The van der Waals surface area contributed by atoms with E-state index >= 15 is 0 Å². The summed E-state index contributed by atoms with van der Waals surface area (Å²) in [4.78, 5) is 10.9. The molecule has 15 heavy (non-hydrogen) atoms. The van der Waals surface area contributed by atoms with Gasteiger partial charge in [-0.2, -0.15) is 0 Å². The zero-order chi connectivity index (χ0) is 11.3. The van der Waals surface area contributed by atoms with E-state index in [1.165, 1.54) is 14.2 Å². The number of benzene rings is 1. The van der Waals surface area contributed by atoms with Gasteiger partial charge in [0.1, 0.15) is 11.5 Å². The topological polar surface area (TPSA) is 55.8 Å². The third-order valence-corrected chi connectivity index (χ3v) is 2.19. The van der Waals surface area contributed by atoms with Crippen LogP contribution in [-0.4, -0.2) is 32.2 Å². The lowest BCUT2D eigenvalue weighted by Gasteiger charge is -2.12. The van der Waals surface area contributed by atoms with E-state index in [9.17, 15) is 4.79 Å². The number of carbonyl (C=O) groups excluding carboxylic acids is 1. The first-order valence-corrected chi connectivity index (χ1v) is 4.58. The molecule has 4 nitrogen and oxygen atoms in total. The van der Waals surface area contributed by atoms with Crippen LogP contribution < -0.4 is 9.47 Å². The lowest BCUT2D eigenvalue weighted by Crippen LogP contribution is -2.03. The van der Waals surface area contributed by atoms with Gasteiger partial charge in [0.2, 0.25) is 0 Å². The fourth-order valence-corrected chi connectivity index (χ4v) is 1.49. The number of carbonyl (C=O) groups is 1. The molecule has 1 aromatic rings. The van der Waals surface area contributed by atoms with Gasteiger partial charge >= 0.3 is 0 Å². The first-order valence-electron chi connectivity index (χ1n) is 4.58. The molecule has 1 rings (SSSR count). The van der Waals surface area contributed by atoms with Crippen molar-refractivity contribution in [3.63, 3.8) is 0 Å². The van der Waals surface area contributed by atoms with Crippen molar-refractivity contribution >= 4 is 6.29 Å². The van der Waals surface area contributed by atoms with Crippen molar-refractivity contribution in [3.8, 4) is 11.5 Å². The largest absolute Gasteiger partial charge is 0.496 e. The number of methoxy groups -OCH3 is 2. The van der Waals surface area contributed by atoms with Crippen molar-refractivity contribution in [3.05, 3.63) is 23.3 Å². The molecule has 0 unspecified atom stereocenters. The van der Waals surface area contributed by atoms with Crippen LogP contribution >= 0.6 is 0 Å². The highest BCUT2D eigenvalue weighted by molar-refractivity contribution is 5.83. The summed E-state index contributed by atoms with van der Waals surface area (Å²) in [6, 6.07) is 3.39. The monoisotopic (exact) mass is 210 g/mol. The maximum atomic E-state index is 10.9. The van der Waals surface area contributed by atoms with E-state index in [1.807, 2.05) is 0 Å². The number of rotatable bonds is 5. The molecule has 0 bridgehead atoms. The van der Waals surface area contributed by atoms with Gasteiger partial charge in [0.15, 0.2) is 6.29 Å². The predicted octanol–water partition coefficient (Wildman–Crippen LogP) is 1.05. The second-order valence-corrected chi connectivity index (χ2v) is 2.95. The SMILES string of the molecule is COc1ccc(OC)c(CCO)c1C=O. The van der Waals surface area contributed by atoms with Crippen LogP contribution in [0.2, 0.25) is 0 Å². The number of aliphatic hydroxyl groups excluding tert-OH is 1. The van der Waals surface area contributed by atoms with Crippen molar-refractivity contribution in [2.24, 2.45) is 0 Å². The van der Waals surface area contributed by atoms with Crippen molar-refractivity contribution in [2.75, 3.05) is 20.8 Å². The average molecular weight is 210 g/mol. The second-order valence-electron chi connectivity index (χ2n) is 2.95. The number of ether oxygens (including phenoxy) is 2. The molecule has 0 aliphatic rings. The quantitative estimate of drug-likeness (QED) is 0.738. The van der Waals surface area contributed by atoms with Gasteiger partial charge in [-0.3, -0.25) is 4.79 Å². The first-order chi connectivity index (χ1) is 7.28. The maximum absolute atomic E-state index is 10.9. The highest BCUT2D eigenvalue weighted by Crippen LogP contribution is 2.29. The lowest BCUT2D eigenvalue weighted by molar-refractivity contribution is 0.111. The molecule has 0 aliphatic carbocycles. The van der Waals surface area contributed by atoms with Crippen molar-refractivity contribution < 1.29 is 19.4 Å². The van der Waals surface area contributed by atoms with Gasteiger partial charge in [-0.05, 0) is 18.6 Å². The Kier molecular flexibility index (Phi) is 4.12. The molecular formula is C11H14O4. The van der Waals surface area contributed by atoms with E-state index in [0.717, 1.165) is 0 Å². The van der Waals surface area contributed by atoms with Gasteiger partial charge in [0, 0.05) is 12.2 Å². The van der Waals surface area contributed by atoms with Crippen LogP contribution in [0.5, 0.6) is 11.5 Å². The Morgan fingerprint density at radius 2 is 1.87 bits per heavy atom. The summed E-state index contributed by atoms with van der Waals surface area (Å²) in [7, 11) is 3.02. The first kappa shape index (κ1) is 11.5. The van der Waals surface area contributed by atoms with Crippen molar-refractivity contribution in [2.45, 2.75) is 6.42 Å². The lowest BCUT2D eigenvalue weighted by atomic mass is 10.0. The van der Waals surface area contributed by atoms with Crippen LogP contribution in [0, 0.1) is 0 Å². The summed E-state index contributed by atoms with van der Waals surface area (Å²) < 4.78 is 10.2.